The summed E-state index contributed by atoms with van der Waals surface area (Å²) in [6.45, 7) is 5.03. The number of benzene rings is 2. The van der Waals surface area contributed by atoms with Crippen molar-refractivity contribution in [1.82, 2.24) is 4.90 Å². The molecule has 1 aliphatic heterocycles. The number of nitrogens with zero attached hydrogens (tertiary/aromatic N) is 1. The molecule has 0 saturated carbocycles. The molecule has 0 bridgehead atoms. The van der Waals surface area contributed by atoms with Crippen LogP contribution >= 0.6 is 0 Å². The number of amides is 3. The van der Waals surface area contributed by atoms with Crippen molar-refractivity contribution in [2.24, 2.45) is 0 Å². The lowest BCUT2D eigenvalue weighted by Crippen LogP contribution is -2.30. The molecular formula is C22H20N2O6. The number of hydrogen-bond acceptors (Lipinski definition) is 6. The number of carbonyl (C=O) groups excluding carboxylic acids is 4. The van der Waals surface area contributed by atoms with E-state index >= 15 is 0 Å². The van der Waals surface area contributed by atoms with Gasteiger partial charge in [0, 0.05) is 18.3 Å². The predicted molar refractivity (Wildman–Crippen MR) is 109 cm³/mol. The molecule has 2 aromatic rings. The Hall–Kier alpha value is -3.94. The zero-order valence-corrected chi connectivity index (χ0v) is 16.5. The van der Waals surface area contributed by atoms with Crippen molar-refractivity contribution in [3.05, 3.63) is 71.8 Å². The second-order valence-corrected chi connectivity index (χ2v) is 6.54. The van der Waals surface area contributed by atoms with Gasteiger partial charge < -0.3 is 14.8 Å². The van der Waals surface area contributed by atoms with Gasteiger partial charge >= 0.3 is 5.97 Å². The lowest BCUT2D eigenvalue weighted by atomic mass is 10.1. The first kappa shape index (κ1) is 20.8. The summed E-state index contributed by atoms with van der Waals surface area (Å²) in [5.74, 6) is -1.69. The highest BCUT2D eigenvalue weighted by Crippen LogP contribution is 2.24. The summed E-state index contributed by atoms with van der Waals surface area (Å²) in [6, 6.07) is 10.8. The second kappa shape index (κ2) is 8.60. The van der Waals surface area contributed by atoms with Gasteiger partial charge in [0.1, 0.15) is 5.75 Å². The Kier molecular flexibility index (Phi) is 5.96. The number of ether oxygens (including phenoxy) is 2. The number of methoxy groups -OCH3 is 1. The zero-order chi connectivity index (χ0) is 21.8. The van der Waals surface area contributed by atoms with Gasteiger partial charge in [-0.25, -0.2) is 4.79 Å². The minimum absolute atomic E-state index is 0.0661. The van der Waals surface area contributed by atoms with Crippen molar-refractivity contribution in [2.75, 3.05) is 19.0 Å². The van der Waals surface area contributed by atoms with Crippen LogP contribution < -0.4 is 10.1 Å². The topological polar surface area (TPSA) is 102 Å². The molecule has 1 heterocycles. The van der Waals surface area contributed by atoms with Crippen LogP contribution in [0, 0.1) is 0 Å². The van der Waals surface area contributed by atoms with E-state index in [1.54, 1.807) is 24.3 Å². The zero-order valence-electron chi connectivity index (χ0n) is 16.5. The van der Waals surface area contributed by atoms with Gasteiger partial charge in [-0.1, -0.05) is 12.1 Å². The van der Waals surface area contributed by atoms with Crippen LogP contribution in [0.3, 0.4) is 0 Å². The number of rotatable bonds is 7. The smallest absolute Gasteiger partial charge is 0.338 e. The van der Waals surface area contributed by atoms with Crippen LogP contribution in [0.25, 0.3) is 0 Å². The first-order chi connectivity index (χ1) is 14.3. The van der Waals surface area contributed by atoms with E-state index in [1.807, 2.05) is 0 Å². The molecule has 0 unspecified atom stereocenters. The number of esters is 1. The number of anilines is 1. The lowest BCUT2D eigenvalue weighted by molar-refractivity contribution is -0.123. The maximum atomic E-state index is 12.5. The van der Waals surface area contributed by atoms with Crippen molar-refractivity contribution >= 4 is 29.4 Å². The molecule has 8 heteroatoms. The van der Waals surface area contributed by atoms with E-state index in [2.05, 4.69) is 11.9 Å². The number of imide groups is 1. The standard InChI is InChI=1S/C22H20N2O6/c1-4-10-24-20(26)17-9-8-14(11-18(17)21(24)27)22(28)30-13(2)19(25)23-15-6-5-7-16(12-15)29-3/h4-9,11-13H,1,10H2,2-3H3,(H,23,25)/t13-/m0/s1. The van der Waals surface area contributed by atoms with Crippen molar-refractivity contribution in [2.45, 2.75) is 13.0 Å². The van der Waals surface area contributed by atoms with E-state index in [0.29, 0.717) is 11.4 Å². The Labute approximate surface area is 173 Å². The Morgan fingerprint density at radius 3 is 2.57 bits per heavy atom. The molecule has 3 amide bonds. The summed E-state index contributed by atoms with van der Waals surface area (Å²) >= 11 is 0. The highest BCUT2D eigenvalue weighted by Gasteiger charge is 2.35. The van der Waals surface area contributed by atoms with Crippen LogP contribution in [0.4, 0.5) is 5.69 Å². The molecule has 0 saturated heterocycles. The van der Waals surface area contributed by atoms with E-state index in [9.17, 15) is 19.2 Å². The Morgan fingerprint density at radius 1 is 1.13 bits per heavy atom. The largest absolute Gasteiger partial charge is 0.497 e. The third-order valence-corrected chi connectivity index (χ3v) is 4.51. The average Bonchev–Trinajstić information content (AvgIpc) is 2.98. The van der Waals surface area contributed by atoms with Crippen molar-refractivity contribution in [1.29, 1.82) is 0 Å². The molecule has 8 nitrogen and oxygen atoms in total. The summed E-state index contributed by atoms with van der Waals surface area (Å²) < 4.78 is 10.3. The quantitative estimate of drug-likeness (QED) is 0.429. The lowest BCUT2D eigenvalue weighted by Gasteiger charge is -2.14. The molecule has 0 aromatic heterocycles. The molecule has 0 aliphatic carbocycles. The first-order valence-electron chi connectivity index (χ1n) is 9.12. The van der Waals surface area contributed by atoms with Crippen LogP contribution in [0.1, 0.15) is 38.0 Å². The molecule has 3 rings (SSSR count). The molecule has 30 heavy (non-hydrogen) atoms. The Morgan fingerprint density at radius 2 is 1.87 bits per heavy atom. The maximum absolute atomic E-state index is 12.5. The number of hydrogen-bond donors (Lipinski definition) is 1. The van der Waals surface area contributed by atoms with Crippen LogP contribution in [0.2, 0.25) is 0 Å². The maximum Gasteiger partial charge on any atom is 0.338 e. The average molecular weight is 408 g/mol. The van der Waals surface area contributed by atoms with Crippen LogP contribution in [0.15, 0.2) is 55.1 Å². The van der Waals surface area contributed by atoms with Crippen LogP contribution in [-0.2, 0) is 9.53 Å². The van der Waals surface area contributed by atoms with Gasteiger partial charge in [0.25, 0.3) is 17.7 Å². The number of nitrogens with one attached hydrogen (secondary N) is 1. The summed E-state index contributed by atoms with van der Waals surface area (Å²) in [4.78, 5) is 50.5. The van der Waals surface area contributed by atoms with E-state index in [0.717, 1.165) is 4.90 Å². The van der Waals surface area contributed by atoms with Crippen LogP contribution in [0.5, 0.6) is 5.75 Å². The molecule has 2 aromatic carbocycles. The summed E-state index contributed by atoms with van der Waals surface area (Å²) in [6.07, 6.45) is 0.353. The number of fused-ring (bicyclic) bond motifs is 1. The van der Waals surface area contributed by atoms with E-state index in [-0.39, 0.29) is 23.2 Å². The third-order valence-electron chi connectivity index (χ3n) is 4.51. The molecule has 0 radical (unpaired) electrons. The van der Waals surface area contributed by atoms with E-state index in [4.69, 9.17) is 9.47 Å². The van der Waals surface area contributed by atoms with E-state index < -0.39 is 29.8 Å². The normalized spacial score (nSPS) is 13.5. The third kappa shape index (κ3) is 4.07. The number of carbonyl (C=O) groups is 4. The summed E-state index contributed by atoms with van der Waals surface area (Å²) in [7, 11) is 1.51. The summed E-state index contributed by atoms with van der Waals surface area (Å²) in [5, 5.41) is 2.64. The molecule has 1 N–H and O–H groups in total. The SMILES string of the molecule is C=CCN1C(=O)c2ccc(C(=O)O[C@@H](C)C(=O)Nc3cccc(OC)c3)cc2C1=O. The highest BCUT2D eigenvalue weighted by atomic mass is 16.5. The minimum Gasteiger partial charge on any atom is -0.497 e. The van der Waals surface area contributed by atoms with Gasteiger partial charge in [-0.05, 0) is 37.3 Å². The van der Waals surface area contributed by atoms with Gasteiger partial charge in [0.05, 0.1) is 23.8 Å². The van der Waals surface area contributed by atoms with Crippen LogP contribution in [-0.4, -0.2) is 48.3 Å². The minimum atomic E-state index is -1.09. The van der Waals surface area contributed by atoms with Gasteiger partial charge in [0.2, 0.25) is 0 Å². The van der Waals surface area contributed by atoms with Crippen molar-refractivity contribution in [3.8, 4) is 5.75 Å². The van der Waals surface area contributed by atoms with Gasteiger partial charge in [-0.15, -0.1) is 6.58 Å². The van der Waals surface area contributed by atoms with Crippen molar-refractivity contribution in [3.63, 3.8) is 0 Å². The fourth-order valence-electron chi connectivity index (χ4n) is 2.94. The molecule has 1 atom stereocenters. The highest BCUT2D eigenvalue weighted by molar-refractivity contribution is 6.22. The van der Waals surface area contributed by atoms with Gasteiger partial charge in [-0.2, -0.15) is 0 Å². The fourth-order valence-corrected chi connectivity index (χ4v) is 2.94. The van der Waals surface area contributed by atoms with E-state index in [1.165, 1.54) is 38.3 Å². The van der Waals surface area contributed by atoms with Gasteiger partial charge in [0.15, 0.2) is 6.10 Å². The Balaban J connectivity index is 1.69. The first-order valence-corrected chi connectivity index (χ1v) is 9.12. The molecule has 1 aliphatic rings. The molecule has 0 spiro atoms. The summed E-state index contributed by atoms with van der Waals surface area (Å²) in [5.41, 5.74) is 0.884. The molecular weight excluding hydrogens is 388 g/mol. The fraction of sp³-hybridized carbons (Fsp3) is 0.182. The van der Waals surface area contributed by atoms with Crippen molar-refractivity contribution < 1.29 is 28.7 Å². The van der Waals surface area contributed by atoms with Gasteiger partial charge in [-0.3, -0.25) is 19.3 Å². The Bertz CT molecular complexity index is 1050. The predicted octanol–water partition coefficient (Wildman–Crippen LogP) is 2.66. The molecule has 0 fully saturated rings. The monoisotopic (exact) mass is 408 g/mol. The molecule has 154 valence electrons. The second-order valence-electron chi connectivity index (χ2n) is 6.54.